The van der Waals surface area contributed by atoms with E-state index in [2.05, 4.69) is 67.0 Å². The zero-order valence-electron chi connectivity index (χ0n) is 13.7. The Labute approximate surface area is 141 Å². The number of fused-ring (bicyclic) bond motifs is 1. The molecule has 2 aromatic carbocycles. The Morgan fingerprint density at radius 1 is 1.05 bits per heavy atom. The lowest BCUT2D eigenvalue weighted by molar-refractivity contribution is 0.243. The molecule has 0 amide bonds. The van der Waals surface area contributed by atoms with Crippen LogP contribution in [0.1, 0.15) is 38.7 Å². The van der Waals surface area contributed by atoms with Crippen molar-refractivity contribution in [2.24, 2.45) is 0 Å². The molecule has 22 heavy (non-hydrogen) atoms. The van der Waals surface area contributed by atoms with Crippen molar-refractivity contribution in [3.8, 4) is 11.5 Å². The van der Waals surface area contributed by atoms with Crippen LogP contribution in [0.3, 0.4) is 0 Å². The van der Waals surface area contributed by atoms with E-state index in [1.54, 1.807) is 0 Å². The second-order valence-electron chi connectivity index (χ2n) is 5.83. The van der Waals surface area contributed by atoms with Gasteiger partial charge in [-0.3, -0.25) is 0 Å². The second-order valence-corrected chi connectivity index (χ2v) is 6.62. The number of hydrogen-bond acceptors (Lipinski definition) is 2. The molecule has 0 aliphatic carbocycles. The van der Waals surface area contributed by atoms with Crippen LogP contribution in [0, 0.1) is 6.92 Å². The number of ether oxygens (including phenoxy) is 2. The summed E-state index contributed by atoms with van der Waals surface area (Å²) in [6, 6.07) is 10.4. The lowest BCUT2D eigenvalue weighted by atomic mass is 10.0. The van der Waals surface area contributed by atoms with Crippen LogP contribution in [0.15, 0.2) is 30.3 Å². The molecule has 0 saturated heterocycles. The van der Waals surface area contributed by atoms with E-state index >= 15 is 0 Å². The summed E-state index contributed by atoms with van der Waals surface area (Å²) >= 11 is 3.46. The third-order valence-corrected chi connectivity index (χ3v) is 4.09. The molecule has 0 spiro atoms. The summed E-state index contributed by atoms with van der Waals surface area (Å²) in [5, 5.41) is 3.33. The van der Waals surface area contributed by atoms with Gasteiger partial charge >= 0.3 is 0 Å². The summed E-state index contributed by atoms with van der Waals surface area (Å²) < 4.78 is 12.0. The van der Waals surface area contributed by atoms with Crippen LogP contribution >= 0.6 is 15.9 Å². The van der Waals surface area contributed by atoms with Crippen LogP contribution in [0.5, 0.6) is 11.5 Å². The number of alkyl halides is 1. The molecule has 3 heteroatoms. The largest absolute Gasteiger partial charge is 0.493 e. The lowest BCUT2D eigenvalue weighted by Gasteiger charge is -2.18. The first-order valence-corrected chi connectivity index (χ1v) is 9.13. The Morgan fingerprint density at radius 2 is 1.77 bits per heavy atom. The molecule has 0 atom stereocenters. The van der Waals surface area contributed by atoms with Crippen molar-refractivity contribution in [1.29, 1.82) is 0 Å². The Balaban J connectivity index is 2.24. The highest BCUT2D eigenvalue weighted by Gasteiger charge is 2.12. The van der Waals surface area contributed by atoms with E-state index in [1.807, 2.05) is 0 Å². The summed E-state index contributed by atoms with van der Waals surface area (Å²) in [5.41, 5.74) is 1.13. The average Bonchev–Trinajstić information content (AvgIpc) is 2.50. The van der Waals surface area contributed by atoms with Crippen molar-refractivity contribution < 1.29 is 9.47 Å². The standard InChI is InChI=1S/C19H25BrO2/c1-14(2)22-19-15(3)13-18(21-12-8-4-7-11-20)16-9-5-6-10-17(16)19/h5-6,9-10,13-14H,4,7-8,11-12H2,1-3H3. The Morgan fingerprint density at radius 3 is 2.45 bits per heavy atom. The molecule has 0 radical (unpaired) electrons. The van der Waals surface area contributed by atoms with Crippen molar-refractivity contribution in [3.63, 3.8) is 0 Å². The molecule has 0 heterocycles. The highest BCUT2D eigenvalue weighted by atomic mass is 79.9. The number of hydrogen-bond donors (Lipinski definition) is 0. The number of halogens is 1. The van der Waals surface area contributed by atoms with Gasteiger partial charge in [-0.25, -0.2) is 0 Å². The van der Waals surface area contributed by atoms with Crippen LogP contribution in [-0.4, -0.2) is 18.0 Å². The van der Waals surface area contributed by atoms with E-state index in [1.165, 1.54) is 12.8 Å². The van der Waals surface area contributed by atoms with Crippen molar-refractivity contribution in [3.05, 3.63) is 35.9 Å². The third-order valence-electron chi connectivity index (χ3n) is 3.53. The second kappa shape index (κ2) is 8.42. The van der Waals surface area contributed by atoms with E-state index < -0.39 is 0 Å². The molecule has 120 valence electrons. The molecule has 0 unspecified atom stereocenters. The zero-order valence-corrected chi connectivity index (χ0v) is 15.3. The maximum absolute atomic E-state index is 6.04. The molecule has 0 aromatic heterocycles. The van der Waals surface area contributed by atoms with Crippen molar-refractivity contribution in [1.82, 2.24) is 0 Å². The predicted molar refractivity (Wildman–Crippen MR) is 97.6 cm³/mol. The van der Waals surface area contributed by atoms with E-state index in [9.17, 15) is 0 Å². The first-order valence-electron chi connectivity index (χ1n) is 8.01. The smallest absolute Gasteiger partial charge is 0.130 e. The van der Waals surface area contributed by atoms with Crippen molar-refractivity contribution >= 4 is 26.7 Å². The average molecular weight is 365 g/mol. The summed E-state index contributed by atoms with van der Waals surface area (Å²) in [7, 11) is 0. The molecule has 0 aliphatic rings. The van der Waals surface area contributed by atoms with Gasteiger partial charge in [-0.05, 0) is 51.7 Å². The van der Waals surface area contributed by atoms with Gasteiger partial charge in [0.25, 0.3) is 0 Å². The van der Waals surface area contributed by atoms with Crippen LogP contribution in [-0.2, 0) is 0 Å². The molecule has 0 aliphatic heterocycles. The SMILES string of the molecule is Cc1cc(OCCCCCBr)c2ccccc2c1OC(C)C. The molecular formula is C19H25BrO2. The predicted octanol–water partition coefficient (Wildman–Crippen LogP) is 5.88. The Bertz CT molecular complexity index is 608. The van der Waals surface area contributed by atoms with Crippen molar-refractivity contribution in [2.45, 2.75) is 46.1 Å². The van der Waals surface area contributed by atoms with E-state index in [0.717, 1.165) is 46.2 Å². The van der Waals surface area contributed by atoms with Crippen LogP contribution in [0.25, 0.3) is 10.8 Å². The van der Waals surface area contributed by atoms with E-state index in [-0.39, 0.29) is 6.10 Å². The normalized spacial score (nSPS) is 11.1. The van der Waals surface area contributed by atoms with E-state index in [0.29, 0.717) is 0 Å². The minimum atomic E-state index is 0.165. The van der Waals surface area contributed by atoms with Gasteiger partial charge in [-0.1, -0.05) is 40.2 Å². The number of rotatable bonds is 8. The van der Waals surface area contributed by atoms with Gasteiger partial charge in [0.1, 0.15) is 11.5 Å². The first-order chi connectivity index (χ1) is 10.6. The summed E-state index contributed by atoms with van der Waals surface area (Å²) in [6.07, 6.45) is 3.64. The molecule has 2 rings (SSSR count). The monoisotopic (exact) mass is 364 g/mol. The number of benzene rings is 2. The van der Waals surface area contributed by atoms with Crippen LogP contribution in [0.4, 0.5) is 0 Å². The lowest BCUT2D eigenvalue weighted by Crippen LogP contribution is -2.07. The zero-order chi connectivity index (χ0) is 15.9. The minimum absolute atomic E-state index is 0.165. The Hall–Kier alpha value is -1.22. The van der Waals surface area contributed by atoms with Gasteiger partial charge in [0.05, 0.1) is 12.7 Å². The fourth-order valence-corrected chi connectivity index (χ4v) is 2.91. The molecule has 0 N–H and O–H groups in total. The molecule has 0 bridgehead atoms. The summed E-state index contributed by atoms with van der Waals surface area (Å²) in [6.45, 7) is 6.97. The maximum atomic E-state index is 6.04. The molecule has 0 saturated carbocycles. The molecular weight excluding hydrogens is 340 g/mol. The van der Waals surface area contributed by atoms with Gasteiger partial charge in [0, 0.05) is 16.1 Å². The maximum Gasteiger partial charge on any atom is 0.130 e. The molecule has 0 fully saturated rings. The number of aryl methyl sites for hydroxylation is 1. The van der Waals surface area contributed by atoms with Gasteiger partial charge < -0.3 is 9.47 Å². The van der Waals surface area contributed by atoms with Gasteiger partial charge in [0.15, 0.2) is 0 Å². The molecule has 2 nitrogen and oxygen atoms in total. The topological polar surface area (TPSA) is 18.5 Å². The van der Waals surface area contributed by atoms with Gasteiger partial charge in [-0.15, -0.1) is 0 Å². The highest BCUT2D eigenvalue weighted by molar-refractivity contribution is 9.09. The third kappa shape index (κ3) is 4.39. The van der Waals surface area contributed by atoms with Crippen LogP contribution < -0.4 is 9.47 Å². The van der Waals surface area contributed by atoms with Gasteiger partial charge in [-0.2, -0.15) is 0 Å². The van der Waals surface area contributed by atoms with Gasteiger partial charge in [0.2, 0.25) is 0 Å². The fraction of sp³-hybridized carbons (Fsp3) is 0.474. The van der Waals surface area contributed by atoms with Crippen molar-refractivity contribution in [2.75, 3.05) is 11.9 Å². The van der Waals surface area contributed by atoms with Crippen LogP contribution in [0.2, 0.25) is 0 Å². The highest BCUT2D eigenvalue weighted by Crippen LogP contribution is 2.37. The minimum Gasteiger partial charge on any atom is -0.493 e. The number of unbranched alkanes of at least 4 members (excludes halogenated alkanes) is 2. The quantitative estimate of drug-likeness (QED) is 0.430. The van der Waals surface area contributed by atoms with E-state index in [4.69, 9.17) is 9.47 Å². The molecule has 2 aromatic rings. The first kappa shape index (κ1) is 17.1. The summed E-state index contributed by atoms with van der Waals surface area (Å²) in [5.74, 6) is 1.93. The Kier molecular flexibility index (Phi) is 6.56. The summed E-state index contributed by atoms with van der Waals surface area (Å²) in [4.78, 5) is 0. The fourth-order valence-electron chi connectivity index (χ4n) is 2.52.